The fourth-order valence-corrected chi connectivity index (χ4v) is 2.05. The van der Waals surface area contributed by atoms with Gasteiger partial charge in [0.25, 0.3) is 0 Å². The van der Waals surface area contributed by atoms with E-state index < -0.39 is 10.8 Å². The van der Waals surface area contributed by atoms with Crippen LogP contribution in [0.2, 0.25) is 0 Å². The molecule has 0 spiro atoms. The number of benzene rings is 1. The van der Waals surface area contributed by atoms with Gasteiger partial charge < -0.3 is 5.32 Å². The molecule has 0 amide bonds. The van der Waals surface area contributed by atoms with Gasteiger partial charge in [0.1, 0.15) is 0 Å². The Morgan fingerprint density at radius 2 is 1.80 bits per heavy atom. The highest BCUT2D eigenvalue weighted by molar-refractivity contribution is 7.84. The van der Waals surface area contributed by atoms with Crippen molar-refractivity contribution in [1.82, 2.24) is 5.32 Å². The zero-order valence-corrected chi connectivity index (χ0v) is 10.5. The summed E-state index contributed by atoms with van der Waals surface area (Å²) < 4.78 is 10.8. The third-order valence-electron chi connectivity index (χ3n) is 2.18. The normalized spacial score (nSPS) is 12.7. The number of nitrogens with one attached hydrogen (secondary N) is 1. The predicted octanol–water partition coefficient (Wildman–Crippen LogP) is 1.77. The summed E-state index contributed by atoms with van der Waals surface area (Å²) in [6.45, 7) is 5.89. The molecule has 0 heterocycles. The molecular weight excluding hydrogens is 206 g/mol. The van der Waals surface area contributed by atoms with E-state index in [1.807, 2.05) is 0 Å². The molecule has 0 saturated carbocycles. The first-order valence-electron chi connectivity index (χ1n) is 5.16. The van der Waals surface area contributed by atoms with Gasteiger partial charge in [-0.2, -0.15) is 0 Å². The Kier molecular flexibility index (Phi) is 4.99. The maximum Gasteiger partial charge on any atom is 0.0357 e. The molecule has 0 radical (unpaired) electrons. The molecule has 3 heteroatoms. The minimum absolute atomic E-state index is 0.695. The molecule has 84 valence electrons. The van der Waals surface area contributed by atoms with E-state index in [1.54, 1.807) is 6.26 Å². The van der Waals surface area contributed by atoms with Gasteiger partial charge in [-0.05, 0) is 19.4 Å². The third kappa shape index (κ3) is 5.09. The van der Waals surface area contributed by atoms with Gasteiger partial charge in [0, 0.05) is 35.9 Å². The van der Waals surface area contributed by atoms with Crippen LogP contribution in [0.15, 0.2) is 18.2 Å². The highest BCUT2D eigenvalue weighted by Gasteiger charge is 1.96. The molecule has 1 rings (SSSR count). The highest BCUT2D eigenvalue weighted by Crippen LogP contribution is 2.08. The van der Waals surface area contributed by atoms with Crippen LogP contribution in [0, 0.1) is 13.8 Å². The van der Waals surface area contributed by atoms with E-state index in [9.17, 15) is 4.21 Å². The molecule has 0 aliphatic carbocycles. The van der Waals surface area contributed by atoms with Gasteiger partial charge >= 0.3 is 0 Å². The van der Waals surface area contributed by atoms with Crippen molar-refractivity contribution in [2.24, 2.45) is 0 Å². The molecule has 1 aromatic carbocycles. The van der Waals surface area contributed by atoms with Crippen LogP contribution >= 0.6 is 0 Å². The second-order valence-corrected chi connectivity index (χ2v) is 5.50. The summed E-state index contributed by atoms with van der Waals surface area (Å²) in [7, 11) is -0.695. The lowest BCUT2D eigenvalue weighted by Gasteiger charge is -2.06. The summed E-state index contributed by atoms with van der Waals surface area (Å²) in [5.41, 5.74) is 3.89. The molecular formula is C12H19NOS. The monoisotopic (exact) mass is 225 g/mol. The van der Waals surface area contributed by atoms with Crippen LogP contribution in [0.4, 0.5) is 0 Å². The topological polar surface area (TPSA) is 29.1 Å². The van der Waals surface area contributed by atoms with Crippen molar-refractivity contribution in [2.75, 3.05) is 18.6 Å². The van der Waals surface area contributed by atoms with Crippen molar-refractivity contribution in [1.29, 1.82) is 0 Å². The lowest BCUT2D eigenvalue weighted by molar-refractivity contribution is 0.676. The van der Waals surface area contributed by atoms with E-state index in [-0.39, 0.29) is 0 Å². The first kappa shape index (κ1) is 12.4. The van der Waals surface area contributed by atoms with Crippen molar-refractivity contribution in [3.8, 4) is 0 Å². The number of rotatable bonds is 5. The SMILES string of the molecule is Cc1cc(C)cc(CNCCS(C)=O)c1. The Morgan fingerprint density at radius 3 is 2.33 bits per heavy atom. The first-order chi connectivity index (χ1) is 7.08. The summed E-state index contributed by atoms with van der Waals surface area (Å²) in [5, 5.41) is 3.29. The van der Waals surface area contributed by atoms with Crippen LogP contribution in [-0.4, -0.2) is 22.8 Å². The number of hydrogen-bond donors (Lipinski definition) is 1. The van der Waals surface area contributed by atoms with E-state index in [0.717, 1.165) is 18.8 Å². The van der Waals surface area contributed by atoms with Gasteiger partial charge in [0.15, 0.2) is 0 Å². The van der Waals surface area contributed by atoms with E-state index >= 15 is 0 Å². The van der Waals surface area contributed by atoms with E-state index in [0.29, 0.717) is 0 Å². The van der Waals surface area contributed by atoms with Crippen LogP contribution in [0.3, 0.4) is 0 Å². The Labute approximate surface area is 94.5 Å². The maximum atomic E-state index is 10.8. The Bertz CT molecular complexity index is 329. The molecule has 0 bridgehead atoms. The lowest BCUT2D eigenvalue weighted by Crippen LogP contribution is -2.19. The minimum atomic E-state index is -0.695. The highest BCUT2D eigenvalue weighted by atomic mass is 32.2. The third-order valence-corrected chi connectivity index (χ3v) is 2.96. The minimum Gasteiger partial charge on any atom is -0.312 e. The molecule has 0 aromatic heterocycles. The molecule has 2 nitrogen and oxygen atoms in total. The first-order valence-corrected chi connectivity index (χ1v) is 6.88. The lowest BCUT2D eigenvalue weighted by atomic mass is 10.1. The van der Waals surface area contributed by atoms with Crippen LogP contribution in [0.25, 0.3) is 0 Å². The number of aryl methyl sites for hydroxylation is 2. The van der Waals surface area contributed by atoms with Crippen LogP contribution in [0.1, 0.15) is 16.7 Å². The average Bonchev–Trinajstić information content (AvgIpc) is 2.10. The Morgan fingerprint density at radius 1 is 1.20 bits per heavy atom. The van der Waals surface area contributed by atoms with Gasteiger partial charge in [0.2, 0.25) is 0 Å². The van der Waals surface area contributed by atoms with Crippen molar-refractivity contribution >= 4 is 10.8 Å². The zero-order valence-electron chi connectivity index (χ0n) is 9.67. The molecule has 0 saturated heterocycles. The molecule has 0 fully saturated rings. The van der Waals surface area contributed by atoms with Gasteiger partial charge in [-0.3, -0.25) is 4.21 Å². The van der Waals surface area contributed by atoms with Crippen molar-refractivity contribution in [3.05, 3.63) is 34.9 Å². The van der Waals surface area contributed by atoms with Crippen LogP contribution in [0.5, 0.6) is 0 Å². The standard InChI is InChI=1S/C12H19NOS/c1-10-6-11(2)8-12(7-10)9-13-4-5-15(3)14/h6-8,13H,4-5,9H2,1-3H3. The van der Waals surface area contributed by atoms with E-state index in [2.05, 4.69) is 37.4 Å². The summed E-state index contributed by atoms with van der Waals surface area (Å²) in [4.78, 5) is 0. The molecule has 0 aliphatic heterocycles. The van der Waals surface area contributed by atoms with Gasteiger partial charge in [-0.25, -0.2) is 0 Å². The van der Waals surface area contributed by atoms with Gasteiger partial charge in [-0.1, -0.05) is 29.3 Å². The molecule has 1 aromatic rings. The number of hydrogen-bond acceptors (Lipinski definition) is 2. The van der Waals surface area contributed by atoms with E-state index in [1.165, 1.54) is 16.7 Å². The molecule has 0 aliphatic rings. The molecule has 15 heavy (non-hydrogen) atoms. The smallest absolute Gasteiger partial charge is 0.0357 e. The van der Waals surface area contributed by atoms with E-state index in [4.69, 9.17) is 0 Å². The van der Waals surface area contributed by atoms with Gasteiger partial charge in [-0.15, -0.1) is 0 Å². The van der Waals surface area contributed by atoms with Crippen LogP contribution < -0.4 is 5.32 Å². The summed E-state index contributed by atoms with van der Waals surface area (Å²) in [6, 6.07) is 6.54. The average molecular weight is 225 g/mol. The predicted molar refractivity (Wildman–Crippen MR) is 66.6 cm³/mol. The molecule has 1 N–H and O–H groups in total. The summed E-state index contributed by atoms with van der Waals surface area (Å²) >= 11 is 0. The quantitative estimate of drug-likeness (QED) is 0.774. The molecule has 1 atom stereocenters. The Balaban J connectivity index is 2.40. The maximum absolute atomic E-state index is 10.8. The second kappa shape index (κ2) is 6.03. The summed E-state index contributed by atoms with van der Waals surface area (Å²) in [5.74, 6) is 0.727. The Hall–Kier alpha value is -0.670. The fourth-order valence-electron chi connectivity index (χ4n) is 1.62. The summed E-state index contributed by atoms with van der Waals surface area (Å²) in [6.07, 6.45) is 1.73. The van der Waals surface area contributed by atoms with Crippen molar-refractivity contribution in [2.45, 2.75) is 20.4 Å². The second-order valence-electron chi connectivity index (χ2n) is 3.95. The van der Waals surface area contributed by atoms with Crippen molar-refractivity contribution < 1.29 is 4.21 Å². The zero-order chi connectivity index (χ0) is 11.3. The van der Waals surface area contributed by atoms with Crippen molar-refractivity contribution in [3.63, 3.8) is 0 Å². The van der Waals surface area contributed by atoms with Crippen LogP contribution in [-0.2, 0) is 17.3 Å². The largest absolute Gasteiger partial charge is 0.312 e. The van der Waals surface area contributed by atoms with Gasteiger partial charge in [0.05, 0.1) is 0 Å². The molecule has 1 unspecified atom stereocenters. The fraction of sp³-hybridized carbons (Fsp3) is 0.500.